The van der Waals surface area contributed by atoms with Crippen LogP contribution < -0.4 is 5.32 Å². The molecule has 196 valence electrons. The molecule has 3 aromatic rings. The van der Waals surface area contributed by atoms with Crippen LogP contribution in [-0.4, -0.2) is 77.7 Å². The van der Waals surface area contributed by atoms with Gasteiger partial charge in [0.15, 0.2) is 0 Å². The van der Waals surface area contributed by atoms with Gasteiger partial charge in [0.25, 0.3) is 17.7 Å². The zero-order valence-corrected chi connectivity index (χ0v) is 22.3. The second kappa shape index (κ2) is 10.3. The number of aryl methyl sites for hydroxylation is 1. The number of benzene rings is 2. The molecule has 2 aliphatic rings. The third kappa shape index (κ3) is 4.87. The highest BCUT2D eigenvalue weighted by molar-refractivity contribution is 6.35. The molecule has 0 unspecified atom stereocenters. The number of carbonyl (C=O) groups excluding carboxylic acids is 3. The first-order valence-corrected chi connectivity index (χ1v) is 12.9. The maximum atomic E-state index is 13.3. The number of amides is 3. The highest BCUT2D eigenvalue weighted by Crippen LogP contribution is 2.35. The fourth-order valence-corrected chi connectivity index (χ4v) is 5.17. The molecule has 2 N–H and O–H groups in total. The molecule has 3 heterocycles. The standard InChI is InChI=1S/C30H33N5O3/c1-19-26(31-20(2)27(19)30(38)35-14-12-33(3)13-15-35)17-24-23-16-22(10-11-25(23)32-28(24)36)29(37)34(4)18-21-8-6-5-7-9-21/h5-11,16-17,31H,12-15,18H2,1-4H3,(H,32,36)/b24-17-. The lowest BCUT2D eigenvalue weighted by molar-refractivity contribution is -0.110. The number of nitrogens with zero attached hydrogens (tertiary/aromatic N) is 3. The van der Waals surface area contributed by atoms with Gasteiger partial charge in [0, 0.05) is 68.0 Å². The Balaban J connectivity index is 1.42. The van der Waals surface area contributed by atoms with Gasteiger partial charge in [0.05, 0.1) is 11.1 Å². The molecule has 1 aromatic heterocycles. The van der Waals surface area contributed by atoms with Crippen molar-refractivity contribution in [3.8, 4) is 0 Å². The summed E-state index contributed by atoms with van der Waals surface area (Å²) in [7, 11) is 3.83. The van der Waals surface area contributed by atoms with Crippen molar-refractivity contribution in [3.05, 3.63) is 87.7 Å². The van der Waals surface area contributed by atoms with Crippen LogP contribution in [0.15, 0.2) is 48.5 Å². The molecule has 0 aliphatic carbocycles. The van der Waals surface area contributed by atoms with E-state index in [0.717, 1.165) is 35.6 Å². The summed E-state index contributed by atoms with van der Waals surface area (Å²) in [5.74, 6) is -0.345. The number of hydrogen-bond donors (Lipinski definition) is 2. The molecule has 2 aliphatic heterocycles. The lowest BCUT2D eigenvalue weighted by Crippen LogP contribution is -2.47. The Bertz CT molecular complexity index is 1430. The van der Waals surface area contributed by atoms with E-state index in [0.29, 0.717) is 47.6 Å². The molecule has 3 amide bonds. The van der Waals surface area contributed by atoms with Gasteiger partial charge in [-0.3, -0.25) is 14.4 Å². The number of nitrogens with one attached hydrogen (secondary N) is 2. The number of rotatable bonds is 5. The first-order valence-electron chi connectivity index (χ1n) is 12.9. The van der Waals surface area contributed by atoms with Crippen molar-refractivity contribution in [1.29, 1.82) is 0 Å². The largest absolute Gasteiger partial charge is 0.358 e. The van der Waals surface area contributed by atoms with Crippen LogP contribution >= 0.6 is 0 Å². The summed E-state index contributed by atoms with van der Waals surface area (Å²) in [6.07, 6.45) is 1.78. The van der Waals surface area contributed by atoms with Gasteiger partial charge in [-0.15, -0.1) is 0 Å². The van der Waals surface area contributed by atoms with Gasteiger partial charge in [-0.25, -0.2) is 0 Å². The number of hydrogen-bond acceptors (Lipinski definition) is 4. The molecule has 38 heavy (non-hydrogen) atoms. The molecule has 5 rings (SSSR count). The van der Waals surface area contributed by atoms with Crippen LogP contribution in [0.5, 0.6) is 0 Å². The third-order valence-corrected chi connectivity index (χ3v) is 7.43. The number of anilines is 1. The van der Waals surface area contributed by atoms with Crippen molar-refractivity contribution in [3.63, 3.8) is 0 Å². The van der Waals surface area contributed by atoms with Crippen LogP contribution in [0.25, 0.3) is 11.6 Å². The fraction of sp³-hybridized carbons (Fsp3) is 0.300. The van der Waals surface area contributed by atoms with Gasteiger partial charge in [0.1, 0.15) is 0 Å². The summed E-state index contributed by atoms with van der Waals surface area (Å²) in [5, 5.41) is 2.90. The predicted octanol–water partition coefficient (Wildman–Crippen LogP) is 3.78. The zero-order valence-electron chi connectivity index (χ0n) is 22.3. The molecule has 0 spiro atoms. The zero-order chi connectivity index (χ0) is 27.0. The van der Waals surface area contributed by atoms with Crippen molar-refractivity contribution in [1.82, 2.24) is 19.7 Å². The monoisotopic (exact) mass is 511 g/mol. The van der Waals surface area contributed by atoms with E-state index in [1.54, 1.807) is 36.2 Å². The molecule has 8 heteroatoms. The molecule has 8 nitrogen and oxygen atoms in total. The fourth-order valence-electron chi connectivity index (χ4n) is 5.17. The SMILES string of the molecule is Cc1[nH]c(/C=C2\C(=O)Nc3ccc(C(=O)N(C)Cc4ccccc4)cc32)c(C)c1C(=O)N1CCN(C)CC1. The molecule has 0 radical (unpaired) electrons. The minimum Gasteiger partial charge on any atom is -0.358 e. The van der Waals surface area contributed by atoms with E-state index in [2.05, 4.69) is 22.2 Å². The molecule has 0 atom stereocenters. The van der Waals surface area contributed by atoms with Gasteiger partial charge < -0.3 is 25.0 Å². The van der Waals surface area contributed by atoms with Gasteiger partial charge in [0.2, 0.25) is 0 Å². The lowest BCUT2D eigenvalue weighted by Gasteiger charge is -2.32. The van der Waals surface area contributed by atoms with Gasteiger partial charge >= 0.3 is 0 Å². The number of H-pyrrole nitrogens is 1. The van der Waals surface area contributed by atoms with Crippen molar-refractivity contribution >= 4 is 35.1 Å². The molecule has 1 fully saturated rings. The first-order chi connectivity index (χ1) is 18.2. The summed E-state index contributed by atoms with van der Waals surface area (Å²) in [6.45, 7) is 7.38. The van der Waals surface area contributed by atoms with E-state index in [1.807, 2.05) is 49.1 Å². The van der Waals surface area contributed by atoms with Crippen molar-refractivity contribution in [2.24, 2.45) is 0 Å². The summed E-state index contributed by atoms with van der Waals surface area (Å²) >= 11 is 0. The molecular weight excluding hydrogens is 478 g/mol. The van der Waals surface area contributed by atoms with Crippen LogP contribution in [-0.2, 0) is 11.3 Å². The van der Waals surface area contributed by atoms with E-state index in [-0.39, 0.29) is 17.7 Å². The molecular formula is C30H33N5O3. The summed E-state index contributed by atoms with van der Waals surface area (Å²) in [5.41, 5.74) is 6.33. The number of fused-ring (bicyclic) bond motifs is 1. The minimum absolute atomic E-state index is 0.0135. The minimum atomic E-state index is -0.235. The van der Waals surface area contributed by atoms with Gasteiger partial charge in [-0.05, 0) is 56.3 Å². The average molecular weight is 512 g/mol. The van der Waals surface area contributed by atoms with Crippen LogP contribution in [0, 0.1) is 13.8 Å². The number of likely N-dealkylation sites (N-methyl/N-ethyl adjacent to an activating group) is 1. The highest BCUT2D eigenvalue weighted by atomic mass is 16.2. The first kappa shape index (κ1) is 25.5. The Morgan fingerprint density at radius 2 is 1.74 bits per heavy atom. The smallest absolute Gasteiger partial charge is 0.256 e. The normalized spacial score (nSPS) is 16.5. The van der Waals surface area contributed by atoms with Gasteiger partial charge in [-0.1, -0.05) is 30.3 Å². The molecule has 2 aromatic carbocycles. The average Bonchev–Trinajstić information content (AvgIpc) is 3.37. The van der Waals surface area contributed by atoms with Crippen LogP contribution in [0.1, 0.15) is 48.8 Å². The van der Waals surface area contributed by atoms with E-state index in [9.17, 15) is 14.4 Å². The number of carbonyl (C=O) groups is 3. The Morgan fingerprint density at radius 1 is 1.03 bits per heavy atom. The van der Waals surface area contributed by atoms with Crippen LogP contribution in [0.4, 0.5) is 5.69 Å². The summed E-state index contributed by atoms with van der Waals surface area (Å²) in [4.78, 5) is 48.5. The quantitative estimate of drug-likeness (QED) is 0.511. The maximum Gasteiger partial charge on any atom is 0.256 e. The van der Waals surface area contributed by atoms with Crippen molar-refractivity contribution in [2.45, 2.75) is 20.4 Å². The van der Waals surface area contributed by atoms with Crippen molar-refractivity contribution < 1.29 is 14.4 Å². The Labute approximate surface area is 222 Å². The summed E-state index contributed by atoms with van der Waals surface area (Å²) in [6, 6.07) is 15.1. The van der Waals surface area contributed by atoms with Crippen LogP contribution in [0.2, 0.25) is 0 Å². The Morgan fingerprint density at radius 3 is 2.45 bits per heavy atom. The predicted molar refractivity (Wildman–Crippen MR) is 149 cm³/mol. The van der Waals surface area contributed by atoms with Gasteiger partial charge in [-0.2, -0.15) is 0 Å². The summed E-state index contributed by atoms with van der Waals surface area (Å²) < 4.78 is 0. The topological polar surface area (TPSA) is 88.8 Å². The van der Waals surface area contributed by atoms with E-state index in [1.165, 1.54) is 0 Å². The van der Waals surface area contributed by atoms with Crippen LogP contribution in [0.3, 0.4) is 0 Å². The second-order valence-electron chi connectivity index (χ2n) is 10.2. The molecule has 1 saturated heterocycles. The lowest BCUT2D eigenvalue weighted by atomic mass is 10.0. The number of aromatic amines is 1. The van der Waals surface area contributed by atoms with E-state index in [4.69, 9.17) is 0 Å². The Hall–Kier alpha value is -4.17. The Kier molecular flexibility index (Phi) is 6.91. The third-order valence-electron chi connectivity index (χ3n) is 7.43. The maximum absolute atomic E-state index is 13.3. The number of piperazine rings is 1. The van der Waals surface area contributed by atoms with E-state index < -0.39 is 0 Å². The molecule has 0 saturated carbocycles. The molecule has 0 bridgehead atoms. The van der Waals surface area contributed by atoms with Crippen molar-refractivity contribution in [2.75, 3.05) is 45.6 Å². The number of aromatic nitrogens is 1. The van der Waals surface area contributed by atoms with E-state index >= 15 is 0 Å². The second-order valence-corrected chi connectivity index (χ2v) is 10.2. The highest BCUT2D eigenvalue weighted by Gasteiger charge is 2.29.